The van der Waals surface area contributed by atoms with Crippen LogP contribution in [0, 0.1) is 0 Å². The van der Waals surface area contributed by atoms with Gasteiger partial charge in [-0.15, -0.1) is 0 Å². The van der Waals surface area contributed by atoms with Crippen LogP contribution in [0.1, 0.15) is 5.69 Å². The molecule has 1 aromatic carbocycles. The summed E-state index contributed by atoms with van der Waals surface area (Å²) in [4.78, 5) is 0. The van der Waals surface area contributed by atoms with Crippen molar-refractivity contribution in [2.45, 2.75) is 6.61 Å². The normalized spacial score (nSPS) is 10.6. The summed E-state index contributed by atoms with van der Waals surface area (Å²) in [5, 5.41) is 13.4. The first-order valence-corrected chi connectivity index (χ1v) is 3.88. The molecule has 0 aliphatic rings. The van der Waals surface area contributed by atoms with Gasteiger partial charge in [-0.2, -0.15) is 0 Å². The summed E-state index contributed by atoms with van der Waals surface area (Å²) in [5.41, 5.74) is 1.19. The number of aliphatic hydroxyl groups excluding tert-OH is 1. The van der Waals surface area contributed by atoms with Crippen molar-refractivity contribution in [3.8, 4) is 5.75 Å². The Labute approximate surface area is 74.7 Å². The van der Waals surface area contributed by atoms with E-state index in [-0.39, 0.29) is 6.61 Å². The number of ether oxygens (including phenoxy) is 1. The maximum Gasteiger partial charge on any atom is 0.167 e. The van der Waals surface area contributed by atoms with Crippen molar-refractivity contribution in [1.82, 2.24) is 5.16 Å². The van der Waals surface area contributed by atoms with Gasteiger partial charge >= 0.3 is 0 Å². The summed E-state index contributed by atoms with van der Waals surface area (Å²) in [7, 11) is 1.59. The topological polar surface area (TPSA) is 55.5 Å². The zero-order valence-electron chi connectivity index (χ0n) is 7.15. The molecule has 68 valence electrons. The molecule has 0 aliphatic carbocycles. The molecule has 0 spiro atoms. The molecule has 4 heteroatoms. The maximum absolute atomic E-state index is 8.92. The van der Waals surface area contributed by atoms with Crippen molar-refractivity contribution in [1.29, 1.82) is 0 Å². The summed E-state index contributed by atoms with van der Waals surface area (Å²) in [6.45, 7) is -0.125. The monoisotopic (exact) mass is 179 g/mol. The molecule has 1 N–H and O–H groups in total. The summed E-state index contributed by atoms with van der Waals surface area (Å²) in [5.74, 6) is 0.727. The van der Waals surface area contributed by atoms with Gasteiger partial charge in [0, 0.05) is 0 Å². The van der Waals surface area contributed by atoms with E-state index in [1.165, 1.54) is 0 Å². The van der Waals surface area contributed by atoms with Crippen molar-refractivity contribution in [2.75, 3.05) is 7.11 Å². The molecule has 1 aromatic heterocycles. The van der Waals surface area contributed by atoms with Crippen LogP contribution in [0.5, 0.6) is 5.75 Å². The van der Waals surface area contributed by atoms with E-state index in [9.17, 15) is 0 Å². The van der Waals surface area contributed by atoms with Gasteiger partial charge < -0.3 is 14.4 Å². The smallest absolute Gasteiger partial charge is 0.167 e. The fraction of sp³-hybridized carbons (Fsp3) is 0.222. The summed E-state index contributed by atoms with van der Waals surface area (Å²) in [6, 6.07) is 5.34. The Morgan fingerprint density at radius 1 is 1.54 bits per heavy atom. The molecule has 2 aromatic rings. The highest BCUT2D eigenvalue weighted by atomic mass is 16.5. The third-order valence-corrected chi connectivity index (χ3v) is 1.90. The average molecular weight is 179 g/mol. The van der Waals surface area contributed by atoms with Crippen LogP contribution in [0.2, 0.25) is 0 Å². The number of rotatable bonds is 2. The van der Waals surface area contributed by atoms with E-state index < -0.39 is 0 Å². The lowest BCUT2D eigenvalue weighted by atomic mass is 10.2. The lowest BCUT2D eigenvalue weighted by Gasteiger charge is -1.97. The van der Waals surface area contributed by atoms with Crippen LogP contribution in [0.4, 0.5) is 0 Å². The maximum atomic E-state index is 8.92. The molecule has 0 unspecified atom stereocenters. The van der Waals surface area contributed by atoms with Gasteiger partial charge in [-0.05, 0) is 18.2 Å². The Morgan fingerprint density at radius 2 is 2.38 bits per heavy atom. The van der Waals surface area contributed by atoms with Gasteiger partial charge in [0.2, 0.25) is 0 Å². The third kappa shape index (κ3) is 1.25. The first kappa shape index (κ1) is 8.07. The van der Waals surface area contributed by atoms with Crippen LogP contribution in [0.15, 0.2) is 22.7 Å². The van der Waals surface area contributed by atoms with Crippen LogP contribution in [0.25, 0.3) is 11.0 Å². The second kappa shape index (κ2) is 3.06. The predicted molar refractivity (Wildman–Crippen MR) is 46.5 cm³/mol. The lowest BCUT2D eigenvalue weighted by Crippen LogP contribution is -1.84. The highest BCUT2D eigenvalue weighted by molar-refractivity contribution is 5.80. The number of methoxy groups -OCH3 is 1. The third-order valence-electron chi connectivity index (χ3n) is 1.90. The largest absolute Gasteiger partial charge is 0.497 e. The van der Waals surface area contributed by atoms with Crippen LogP contribution in [-0.4, -0.2) is 17.4 Å². The van der Waals surface area contributed by atoms with Gasteiger partial charge in [-0.1, -0.05) is 5.16 Å². The first-order valence-electron chi connectivity index (χ1n) is 3.88. The second-order valence-corrected chi connectivity index (χ2v) is 2.65. The minimum Gasteiger partial charge on any atom is -0.497 e. The van der Waals surface area contributed by atoms with E-state index >= 15 is 0 Å². The fourth-order valence-electron chi connectivity index (χ4n) is 1.21. The molecule has 13 heavy (non-hydrogen) atoms. The Kier molecular flexibility index (Phi) is 1.90. The van der Waals surface area contributed by atoms with E-state index in [1.807, 2.05) is 0 Å². The lowest BCUT2D eigenvalue weighted by molar-refractivity contribution is 0.269. The number of nitrogens with zero attached hydrogens (tertiary/aromatic N) is 1. The number of aromatic nitrogens is 1. The van der Waals surface area contributed by atoms with E-state index in [1.54, 1.807) is 25.3 Å². The minimum atomic E-state index is -0.125. The Bertz CT molecular complexity index is 422. The van der Waals surface area contributed by atoms with Crippen LogP contribution >= 0.6 is 0 Å². The summed E-state index contributed by atoms with van der Waals surface area (Å²) in [6.07, 6.45) is 0. The molecule has 1 heterocycles. The quantitative estimate of drug-likeness (QED) is 0.755. The van der Waals surface area contributed by atoms with Crippen molar-refractivity contribution >= 4 is 11.0 Å². The van der Waals surface area contributed by atoms with Crippen molar-refractivity contribution in [3.63, 3.8) is 0 Å². The standard InChI is InChI=1S/C9H9NO3/c1-12-6-2-3-9-7(4-6)8(5-11)10-13-9/h2-4,11H,5H2,1H3. The van der Waals surface area contributed by atoms with Crippen LogP contribution in [-0.2, 0) is 6.61 Å². The van der Waals surface area contributed by atoms with E-state index in [2.05, 4.69) is 5.16 Å². The highest BCUT2D eigenvalue weighted by Gasteiger charge is 2.07. The van der Waals surface area contributed by atoms with Gasteiger partial charge in [-0.25, -0.2) is 0 Å². The Balaban J connectivity index is 2.64. The van der Waals surface area contributed by atoms with Crippen molar-refractivity contribution in [2.24, 2.45) is 0 Å². The molecule has 0 saturated carbocycles. The molecule has 0 fully saturated rings. The fourth-order valence-corrected chi connectivity index (χ4v) is 1.21. The zero-order valence-corrected chi connectivity index (χ0v) is 7.15. The predicted octanol–water partition coefficient (Wildman–Crippen LogP) is 1.33. The minimum absolute atomic E-state index is 0.125. The molecule has 0 aliphatic heterocycles. The van der Waals surface area contributed by atoms with Gasteiger partial charge in [0.25, 0.3) is 0 Å². The molecule has 2 rings (SSSR count). The van der Waals surface area contributed by atoms with Gasteiger partial charge in [0.15, 0.2) is 5.58 Å². The summed E-state index contributed by atoms with van der Waals surface area (Å²) >= 11 is 0. The van der Waals surface area contributed by atoms with Gasteiger partial charge in [-0.3, -0.25) is 0 Å². The van der Waals surface area contributed by atoms with Crippen LogP contribution in [0.3, 0.4) is 0 Å². The number of hydrogen-bond donors (Lipinski definition) is 1. The Hall–Kier alpha value is -1.55. The zero-order chi connectivity index (χ0) is 9.26. The number of aliphatic hydroxyl groups is 1. The average Bonchev–Trinajstić information content (AvgIpc) is 2.59. The molecule has 4 nitrogen and oxygen atoms in total. The number of benzene rings is 1. The first-order chi connectivity index (χ1) is 6.35. The molecule has 0 atom stereocenters. The number of hydrogen-bond acceptors (Lipinski definition) is 4. The highest BCUT2D eigenvalue weighted by Crippen LogP contribution is 2.23. The van der Waals surface area contributed by atoms with Gasteiger partial charge in [0.1, 0.15) is 11.4 Å². The van der Waals surface area contributed by atoms with Crippen molar-refractivity contribution in [3.05, 3.63) is 23.9 Å². The Morgan fingerprint density at radius 3 is 3.08 bits per heavy atom. The van der Waals surface area contributed by atoms with E-state index in [4.69, 9.17) is 14.4 Å². The molecule has 0 bridgehead atoms. The van der Waals surface area contributed by atoms with E-state index in [0.29, 0.717) is 11.3 Å². The molecular formula is C9H9NO3. The second-order valence-electron chi connectivity index (χ2n) is 2.65. The van der Waals surface area contributed by atoms with Gasteiger partial charge in [0.05, 0.1) is 19.1 Å². The van der Waals surface area contributed by atoms with Crippen molar-refractivity contribution < 1.29 is 14.4 Å². The van der Waals surface area contributed by atoms with Crippen LogP contribution < -0.4 is 4.74 Å². The summed E-state index contributed by atoms with van der Waals surface area (Å²) < 4.78 is 10.0. The van der Waals surface area contributed by atoms with E-state index in [0.717, 1.165) is 11.1 Å². The molecule has 0 saturated heterocycles. The molecule has 0 radical (unpaired) electrons. The SMILES string of the molecule is COc1ccc2onc(CO)c2c1. The molecular weight excluding hydrogens is 170 g/mol. The molecule has 0 amide bonds. The number of fused-ring (bicyclic) bond motifs is 1.